The Kier molecular flexibility index (Phi) is 9.01. The summed E-state index contributed by atoms with van der Waals surface area (Å²) in [6, 6.07) is 11.7. The number of anilines is 2. The number of ether oxygens (including phenoxy) is 1. The van der Waals surface area contributed by atoms with Gasteiger partial charge in [-0.3, -0.25) is 4.79 Å². The number of aromatic nitrogens is 3. The molecule has 7 nitrogen and oxygen atoms in total. The first-order valence-corrected chi connectivity index (χ1v) is 14.8. The van der Waals surface area contributed by atoms with E-state index in [1.54, 1.807) is 29.9 Å². The van der Waals surface area contributed by atoms with Gasteiger partial charge in [0.05, 0.1) is 23.8 Å². The lowest BCUT2D eigenvalue weighted by molar-refractivity contribution is 0.102. The molecule has 0 bridgehead atoms. The van der Waals surface area contributed by atoms with Crippen LogP contribution < -0.4 is 15.0 Å². The van der Waals surface area contributed by atoms with Crippen LogP contribution in [0.25, 0.3) is 10.6 Å². The molecule has 1 aliphatic heterocycles. The maximum atomic E-state index is 13.8. The highest BCUT2D eigenvalue weighted by Crippen LogP contribution is 2.40. The number of carbonyl (C=O) groups excluding carboxylic acids is 1. The van der Waals surface area contributed by atoms with Crippen molar-refractivity contribution in [3.8, 4) is 22.1 Å². The third kappa shape index (κ3) is 6.65. The Morgan fingerprint density at radius 1 is 1.20 bits per heavy atom. The van der Waals surface area contributed by atoms with Crippen molar-refractivity contribution in [1.29, 1.82) is 0 Å². The number of unbranched alkanes of at least 4 members (excludes halogenated alkanes) is 2. The van der Waals surface area contributed by atoms with Crippen LogP contribution >= 0.6 is 11.3 Å². The van der Waals surface area contributed by atoms with Gasteiger partial charge in [-0.2, -0.15) is 10.2 Å². The van der Waals surface area contributed by atoms with Crippen LogP contribution in [-0.4, -0.2) is 34.2 Å². The topological polar surface area (TPSA) is 80.2 Å². The number of nitrogens with one attached hydrogen (secondary N) is 1. The molecule has 1 fully saturated rings. The second-order valence-electron chi connectivity index (χ2n) is 10.2. The van der Waals surface area contributed by atoms with E-state index in [0.717, 1.165) is 36.3 Å². The summed E-state index contributed by atoms with van der Waals surface area (Å²) in [5.74, 6) is 1.04. The molecule has 1 N–H and O–H groups in total. The molecular formula is C31H34FN5O2S. The van der Waals surface area contributed by atoms with E-state index < -0.39 is 0 Å². The van der Waals surface area contributed by atoms with E-state index in [4.69, 9.17) is 4.74 Å². The summed E-state index contributed by atoms with van der Waals surface area (Å²) in [4.78, 5) is 20.3. The fourth-order valence-electron chi connectivity index (χ4n) is 5.26. The van der Waals surface area contributed by atoms with Gasteiger partial charge in [-0.25, -0.2) is 9.37 Å². The van der Waals surface area contributed by atoms with Gasteiger partial charge in [0.15, 0.2) is 0 Å². The van der Waals surface area contributed by atoms with Crippen LogP contribution in [0.5, 0.6) is 11.5 Å². The first kappa shape index (κ1) is 27.7. The number of carbonyl (C=O) groups is 1. The van der Waals surface area contributed by atoms with Gasteiger partial charge in [0.25, 0.3) is 5.91 Å². The van der Waals surface area contributed by atoms with Gasteiger partial charge in [0.1, 0.15) is 28.0 Å². The summed E-state index contributed by atoms with van der Waals surface area (Å²) in [5, 5.41) is 13.3. The molecule has 9 heteroatoms. The number of piperidine rings is 1. The number of hydrogen-bond donors (Lipinski definition) is 1. The molecule has 1 amide bonds. The predicted molar refractivity (Wildman–Crippen MR) is 158 cm³/mol. The Morgan fingerprint density at radius 3 is 2.90 bits per heavy atom. The number of thiazole rings is 1. The monoisotopic (exact) mass is 559 g/mol. The summed E-state index contributed by atoms with van der Waals surface area (Å²) in [6.45, 7) is 6.05. The summed E-state index contributed by atoms with van der Waals surface area (Å²) in [5.41, 5.74) is 3.71. The van der Waals surface area contributed by atoms with Crippen LogP contribution in [0.1, 0.15) is 61.5 Å². The van der Waals surface area contributed by atoms with Crippen LogP contribution in [-0.2, 0) is 0 Å². The van der Waals surface area contributed by atoms with Gasteiger partial charge < -0.3 is 15.0 Å². The predicted octanol–water partition coefficient (Wildman–Crippen LogP) is 7.89. The minimum atomic E-state index is -0.351. The quantitative estimate of drug-likeness (QED) is 0.199. The first-order chi connectivity index (χ1) is 19.5. The van der Waals surface area contributed by atoms with Crippen LogP contribution in [0.3, 0.4) is 0 Å². The molecule has 2 aromatic heterocycles. The smallest absolute Gasteiger partial charge is 0.275 e. The Bertz CT molecular complexity index is 1440. The van der Waals surface area contributed by atoms with Gasteiger partial charge in [-0.15, -0.1) is 11.3 Å². The molecular weight excluding hydrogens is 525 g/mol. The Labute approximate surface area is 238 Å². The lowest BCUT2D eigenvalue weighted by Crippen LogP contribution is -2.36. The van der Waals surface area contributed by atoms with Gasteiger partial charge in [-0.05, 0) is 62.4 Å². The van der Waals surface area contributed by atoms with Crippen molar-refractivity contribution in [2.75, 3.05) is 23.3 Å². The highest BCUT2D eigenvalue weighted by molar-refractivity contribution is 7.13. The molecule has 40 heavy (non-hydrogen) atoms. The Hall–Kier alpha value is -3.85. The third-order valence-corrected chi connectivity index (χ3v) is 8.16. The lowest BCUT2D eigenvalue weighted by Gasteiger charge is -2.37. The van der Waals surface area contributed by atoms with E-state index in [2.05, 4.69) is 32.3 Å². The van der Waals surface area contributed by atoms with E-state index in [1.165, 1.54) is 55.6 Å². The molecule has 4 aromatic rings. The zero-order valence-electron chi connectivity index (χ0n) is 22.9. The van der Waals surface area contributed by atoms with Gasteiger partial charge in [0.2, 0.25) is 0 Å². The molecule has 0 saturated carbocycles. The highest BCUT2D eigenvalue weighted by atomic mass is 32.1. The third-order valence-electron chi connectivity index (χ3n) is 7.27. The van der Waals surface area contributed by atoms with Crippen LogP contribution in [0.2, 0.25) is 0 Å². The molecule has 0 spiro atoms. The average molecular weight is 560 g/mol. The van der Waals surface area contributed by atoms with Gasteiger partial charge in [0, 0.05) is 35.7 Å². The zero-order valence-corrected chi connectivity index (χ0v) is 23.7. The van der Waals surface area contributed by atoms with Crippen molar-refractivity contribution in [2.24, 2.45) is 5.92 Å². The van der Waals surface area contributed by atoms with Gasteiger partial charge in [-0.1, -0.05) is 32.3 Å². The summed E-state index contributed by atoms with van der Waals surface area (Å²) in [7, 11) is 0. The van der Waals surface area contributed by atoms with Crippen molar-refractivity contribution < 1.29 is 13.9 Å². The number of hydrogen-bond acceptors (Lipinski definition) is 7. The molecule has 2 aromatic carbocycles. The molecule has 5 rings (SSSR count). The number of nitrogens with zero attached hydrogens (tertiary/aromatic N) is 4. The van der Waals surface area contributed by atoms with E-state index >= 15 is 0 Å². The summed E-state index contributed by atoms with van der Waals surface area (Å²) in [6.07, 6.45) is 10.4. The number of benzene rings is 2. The Balaban J connectivity index is 1.43. The lowest BCUT2D eigenvalue weighted by atomic mass is 9.91. The molecule has 1 saturated heterocycles. The number of halogens is 1. The van der Waals surface area contributed by atoms with Crippen molar-refractivity contribution in [3.05, 3.63) is 77.3 Å². The normalized spacial score (nSPS) is 15.2. The average Bonchev–Trinajstić information content (AvgIpc) is 3.46. The number of amides is 1. The summed E-state index contributed by atoms with van der Waals surface area (Å²) >= 11 is 1.39. The molecule has 1 aliphatic rings. The second-order valence-corrected chi connectivity index (χ2v) is 11.1. The summed E-state index contributed by atoms with van der Waals surface area (Å²) < 4.78 is 20.0. The van der Waals surface area contributed by atoms with E-state index in [1.807, 2.05) is 25.1 Å². The first-order valence-electron chi connectivity index (χ1n) is 13.9. The fraction of sp³-hybridized carbons (Fsp3) is 0.355. The zero-order chi connectivity index (χ0) is 27.9. The minimum absolute atomic E-state index is 0.277. The van der Waals surface area contributed by atoms with Crippen molar-refractivity contribution in [3.63, 3.8) is 0 Å². The van der Waals surface area contributed by atoms with Crippen molar-refractivity contribution >= 4 is 28.6 Å². The van der Waals surface area contributed by atoms with E-state index in [0.29, 0.717) is 33.8 Å². The molecule has 0 unspecified atom stereocenters. The van der Waals surface area contributed by atoms with E-state index in [-0.39, 0.29) is 11.7 Å². The largest absolute Gasteiger partial charge is 0.457 e. The van der Waals surface area contributed by atoms with Crippen LogP contribution in [0, 0.1) is 18.7 Å². The second kappa shape index (κ2) is 13.0. The fourth-order valence-corrected chi connectivity index (χ4v) is 6.05. The molecule has 208 valence electrons. The molecule has 1 atom stereocenters. The highest BCUT2D eigenvalue weighted by Gasteiger charge is 2.26. The van der Waals surface area contributed by atoms with E-state index in [9.17, 15) is 9.18 Å². The molecule has 3 heterocycles. The standard InChI is InChI=1S/C31H34FN5O2S/c1-3-4-5-8-22-9-7-16-37(19-22)29-21(2)28(39-25-11-6-10-24(32)17-25)13-12-26(29)35-30(38)27-20-40-31(36-27)23-14-15-33-34-18-23/h6,10-15,17-18,20,22H,3-5,7-9,16,19H2,1-2H3,(H,35,38)/t22-/m1/s1. The molecule has 0 aliphatic carbocycles. The van der Waals surface area contributed by atoms with Crippen LogP contribution in [0.15, 0.2) is 60.2 Å². The minimum Gasteiger partial charge on any atom is -0.457 e. The molecule has 0 radical (unpaired) electrons. The van der Waals surface area contributed by atoms with Gasteiger partial charge >= 0.3 is 0 Å². The SMILES string of the molecule is CCCCC[C@@H]1CCCN(c2c(NC(=O)c3csc(-c4ccnnc4)n3)ccc(Oc3cccc(F)c3)c2C)C1. The Morgan fingerprint density at radius 2 is 2.10 bits per heavy atom. The van der Waals surface area contributed by atoms with Crippen molar-refractivity contribution in [1.82, 2.24) is 15.2 Å². The van der Waals surface area contributed by atoms with Crippen LogP contribution in [0.4, 0.5) is 15.8 Å². The number of rotatable bonds is 10. The maximum Gasteiger partial charge on any atom is 0.275 e. The van der Waals surface area contributed by atoms with Crippen molar-refractivity contribution in [2.45, 2.75) is 52.4 Å². The maximum absolute atomic E-state index is 13.8.